The highest BCUT2D eigenvalue weighted by Gasteiger charge is 2.23. The standard InChI is InChI=1S/C15H14BrCl2N3O4S/c1-9-11(16)6-10(25-9)7-19-20-14(22)8-21(26(2,23)24)13-5-3-4-12(17)15(13)18/h3-7H,8H2,1-2H3,(H,20,22)/b19-7-. The zero-order valence-electron chi connectivity index (χ0n) is 13.7. The molecule has 2 rings (SSSR count). The summed E-state index contributed by atoms with van der Waals surface area (Å²) >= 11 is 15.3. The van der Waals surface area contributed by atoms with Crippen LogP contribution < -0.4 is 9.73 Å². The Morgan fingerprint density at radius 1 is 1.42 bits per heavy atom. The number of nitrogens with zero attached hydrogens (tertiary/aromatic N) is 2. The lowest BCUT2D eigenvalue weighted by molar-refractivity contribution is -0.119. The summed E-state index contributed by atoms with van der Waals surface area (Å²) in [5.41, 5.74) is 2.34. The lowest BCUT2D eigenvalue weighted by Gasteiger charge is -2.22. The van der Waals surface area contributed by atoms with E-state index in [2.05, 4.69) is 26.5 Å². The van der Waals surface area contributed by atoms with Crippen molar-refractivity contribution in [3.63, 3.8) is 0 Å². The quantitative estimate of drug-likeness (QED) is 0.503. The molecule has 140 valence electrons. The number of hydrogen-bond donors (Lipinski definition) is 1. The van der Waals surface area contributed by atoms with Crippen LogP contribution in [0.3, 0.4) is 0 Å². The molecule has 0 atom stereocenters. The lowest BCUT2D eigenvalue weighted by atomic mass is 10.3. The average Bonchev–Trinajstić information content (AvgIpc) is 2.85. The number of benzene rings is 1. The zero-order valence-corrected chi connectivity index (χ0v) is 17.6. The van der Waals surface area contributed by atoms with Crippen molar-refractivity contribution in [3.05, 3.63) is 50.3 Å². The molecule has 1 N–H and O–H groups in total. The van der Waals surface area contributed by atoms with Crippen LogP contribution in [0.5, 0.6) is 0 Å². The van der Waals surface area contributed by atoms with Crippen LogP contribution in [0.15, 0.2) is 38.3 Å². The van der Waals surface area contributed by atoms with E-state index < -0.39 is 22.5 Å². The van der Waals surface area contributed by atoms with Gasteiger partial charge < -0.3 is 4.42 Å². The molecular formula is C15H14BrCl2N3O4S. The van der Waals surface area contributed by atoms with Gasteiger partial charge in [0.2, 0.25) is 10.0 Å². The van der Waals surface area contributed by atoms with Crippen molar-refractivity contribution in [2.24, 2.45) is 5.10 Å². The molecule has 0 aliphatic rings. The van der Waals surface area contributed by atoms with Gasteiger partial charge in [0, 0.05) is 6.07 Å². The number of nitrogens with one attached hydrogen (secondary N) is 1. The molecular weight excluding hydrogens is 469 g/mol. The van der Waals surface area contributed by atoms with Gasteiger partial charge in [0.25, 0.3) is 5.91 Å². The molecule has 26 heavy (non-hydrogen) atoms. The van der Waals surface area contributed by atoms with E-state index in [-0.39, 0.29) is 15.7 Å². The van der Waals surface area contributed by atoms with Crippen molar-refractivity contribution in [1.82, 2.24) is 5.43 Å². The van der Waals surface area contributed by atoms with Crippen LogP contribution in [-0.4, -0.2) is 33.3 Å². The molecule has 0 radical (unpaired) electrons. The topological polar surface area (TPSA) is 92.0 Å². The van der Waals surface area contributed by atoms with E-state index >= 15 is 0 Å². The third-order valence-corrected chi connectivity index (χ3v) is 5.87. The number of amides is 1. The van der Waals surface area contributed by atoms with E-state index in [1.165, 1.54) is 24.4 Å². The summed E-state index contributed by atoms with van der Waals surface area (Å²) in [6.07, 6.45) is 2.26. The van der Waals surface area contributed by atoms with E-state index in [9.17, 15) is 13.2 Å². The predicted molar refractivity (Wildman–Crippen MR) is 106 cm³/mol. The molecule has 1 aromatic heterocycles. The number of sulfonamides is 1. The maximum Gasteiger partial charge on any atom is 0.260 e. The Kier molecular flexibility index (Phi) is 6.73. The number of aryl methyl sites for hydroxylation is 1. The molecule has 0 aliphatic heterocycles. The second kappa shape index (κ2) is 8.43. The Balaban J connectivity index is 2.13. The molecule has 0 fully saturated rings. The van der Waals surface area contributed by atoms with Gasteiger partial charge in [-0.2, -0.15) is 5.10 Å². The number of carbonyl (C=O) groups is 1. The second-order valence-corrected chi connectivity index (χ2v) is 8.73. The van der Waals surface area contributed by atoms with Crippen LogP contribution in [0.1, 0.15) is 11.5 Å². The zero-order chi connectivity index (χ0) is 19.5. The van der Waals surface area contributed by atoms with Crippen molar-refractivity contribution in [2.45, 2.75) is 6.92 Å². The van der Waals surface area contributed by atoms with Crippen molar-refractivity contribution in [3.8, 4) is 0 Å². The molecule has 1 amide bonds. The van der Waals surface area contributed by atoms with Gasteiger partial charge in [0.1, 0.15) is 18.1 Å². The van der Waals surface area contributed by atoms with Crippen LogP contribution in [0.25, 0.3) is 0 Å². The lowest BCUT2D eigenvalue weighted by Crippen LogP contribution is -2.39. The third-order valence-electron chi connectivity index (χ3n) is 3.14. The van der Waals surface area contributed by atoms with Gasteiger partial charge in [-0.05, 0) is 35.0 Å². The predicted octanol–water partition coefficient (Wildman–Crippen LogP) is 3.57. The van der Waals surface area contributed by atoms with Gasteiger partial charge >= 0.3 is 0 Å². The Morgan fingerprint density at radius 3 is 2.69 bits per heavy atom. The van der Waals surface area contributed by atoms with Crippen molar-refractivity contribution < 1.29 is 17.6 Å². The van der Waals surface area contributed by atoms with Gasteiger partial charge in [-0.15, -0.1) is 0 Å². The van der Waals surface area contributed by atoms with E-state index in [1.54, 1.807) is 13.0 Å². The summed E-state index contributed by atoms with van der Waals surface area (Å²) in [7, 11) is -3.78. The number of rotatable bonds is 6. The second-order valence-electron chi connectivity index (χ2n) is 5.19. The van der Waals surface area contributed by atoms with E-state index in [1.807, 2.05) is 0 Å². The molecule has 0 aliphatic carbocycles. The van der Waals surface area contributed by atoms with E-state index in [4.69, 9.17) is 27.6 Å². The molecule has 0 saturated carbocycles. The van der Waals surface area contributed by atoms with Gasteiger partial charge in [-0.1, -0.05) is 29.3 Å². The van der Waals surface area contributed by atoms with Gasteiger partial charge in [-0.3, -0.25) is 9.10 Å². The molecule has 7 nitrogen and oxygen atoms in total. The van der Waals surface area contributed by atoms with Crippen molar-refractivity contribution >= 4 is 67.0 Å². The summed E-state index contributed by atoms with van der Waals surface area (Å²) in [4.78, 5) is 12.1. The summed E-state index contributed by atoms with van der Waals surface area (Å²) in [6.45, 7) is 1.25. The van der Waals surface area contributed by atoms with Gasteiger partial charge in [-0.25, -0.2) is 13.8 Å². The van der Waals surface area contributed by atoms with Crippen LogP contribution in [0.4, 0.5) is 5.69 Å². The largest absolute Gasteiger partial charge is 0.459 e. The first-order valence-corrected chi connectivity index (χ1v) is 10.5. The molecule has 1 aromatic carbocycles. The average molecular weight is 483 g/mol. The normalized spacial score (nSPS) is 11.7. The molecule has 0 unspecified atom stereocenters. The highest BCUT2D eigenvalue weighted by Crippen LogP contribution is 2.33. The minimum absolute atomic E-state index is 0.0341. The first-order chi connectivity index (χ1) is 12.1. The fourth-order valence-corrected chi connectivity index (χ4v) is 3.56. The minimum Gasteiger partial charge on any atom is -0.459 e. The minimum atomic E-state index is -3.78. The molecule has 0 bridgehead atoms. The molecule has 1 heterocycles. The third kappa shape index (κ3) is 5.23. The number of furan rings is 1. The van der Waals surface area contributed by atoms with Crippen LogP contribution in [-0.2, 0) is 14.8 Å². The number of hydrogen-bond acceptors (Lipinski definition) is 5. The smallest absolute Gasteiger partial charge is 0.260 e. The van der Waals surface area contributed by atoms with Crippen LogP contribution in [0, 0.1) is 6.92 Å². The first kappa shape index (κ1) is 20.8. The highest BCUT2D eigenvalue weighted by molar-refractivity contribution is 9.10. The Hall–Kier alpha value is -1.55. The van der Waals surface area contributed by atoms with Gasteiger partial charge in [0.15, 0.2) is 0 Å². The van der Waals surface area contributed by atoms with Crippen LogP contribution in [0.2, 0.25) is 10.0 Å². The summed E-state index contributed by atoms with van der Waals surface area (Å²) < 4.78 is 31.1. The Labute approximate surface area is 169 Å². The number of anilines is 1. The van der Waals surface area contributed by atoms with E-state index in [0.29, 0.717) is 11.5 Å². The summed E-state index contributed by atoms with van der Waals surface area (Å²) in [5.74, 6) is 0.425. The molecule has 11 heteroatoms. The van der Waals surface area contributed by atoms with Crippen molar-refractivity contribution in [1.29, 1.82) is 0 Å². The Morgan fingerprint density at radius 2 is 2.12 bits per heavy atom. The summed E-state index contributed by atoms with van der Waals surface area (Å²) in [6, 6.07) is 6.19. The van der Waals surface area contributed by atoms with Crippen molar-refractivity contribution in [2.75, 3.05) is 17.1 Å². The Bertz CT molecular complexity index is 940. The number of hydrazone groups is 1. The molecule has 2 aromatic rings. The number of halogens is 3. The van der Waals surface area contributed by atoms with E-state index in [0.717, 1.165) is 15.0 Å². The number of carbonyl (C=O) groups excluding carboxylic acids is 1. The highest BCUT2D eigenvalue weighted by atomic mass is 79.9. The maximum absolute atomic E-state index is 12.1. The monoisotopic (exact) mass is 481 g/mol. The van der Waals surface area contributed by atoms with Crippen LogP contribution >= 0.6 is 39.1 Å². The fourth-order valence-electron chi connectivity index (χ4n) is 1.94. The first-order valence-electron chi connectivity index (χ1n) is 7.09. The molecule has 0 saturated heterocycles. The maximum atomic E-state index is 12.1. The van der Waals surface area contributed by atoms with Gasteiger partial charge in [0.05, 0.1) is 32.7 Å². The fraction of sp³-hybridized carbons (Fsp3) is 0.200. The molecule has 0 spiro atoms. The summed E-state index contributed by atoms with van der Waals surface area (Å²) in [5, 5.41) is 3.96. The SMILES string of the molecule is Cc1oc(/C=N\NC(=O)CN(c2cccc(Cl)c2Cl)S(C)(=O)=O)cc1Br.